The Morgan fingerprint density at radius 2 is 1.60 bits per heavy atom. The third-order valence-corrected chi connectivity index (χ3v) is 3.77. The SMILES string of the molecule is CNc1nc(Nc2c(Br)cccc2Br)nc(N(C)C)n1. The van der Waals surface area contributed by atoms with Gasteiger partial charge in [0.2, 0.25) is 17.8 Å². The number of hydrogen-bond acceptors (Lipinski definition) is 6. The van der Waals surface area contributed by atoms with Crippen LogP contribution in [0.4, 0.5) is 23.5 Å². The molecule has 0 aliphatic heterocycles. The van der Waals surface area contributed by atoms with Crippen molar-refractivity contribution in [3.05, 3.63) is 27.1 Å². The van der Waals surface area contributed by atoms with Crippen molar-refractivity contribution in [2.45, 2.75) is 0 Å². The summed E-state index contributed by atoms with van der Waals surface area (Å²) in [5.41, 5.74) is 0.866. The molecule has 0 bridgehead atoms. The maximum absolute atomic E-state index is 4.37. The molecule has 2 rings (SSSR count). The van der Waals surface area contributed by atoms with Crippen molar-refractivity contribution >= 4 is 55.4 Å². The lowest BCUT2D eigenvalue weighted by Crippen LogP contribution is -2.15. The maximum Gasteiger partial charge on any atom is 0.233 e. The van der Waals surface area contributed by atoms with Crippen molar-refractivity contribution in [2.75, 3.05) is 36.7 Å². The molecule has 0 aliphatic rings. The molecule has 8 heteroatoms. The first kappa shape index (κ1) is 15.0. The average Bonchev–Trinajstić information content (AvgIpc) is 2.42. The molecular weight excluding hydrogens is 388 g/mol. The Labute approximate surface area is 134 Å². The van der Waals surface area contributed by atoms with E-state index in [0.717, 1.165) is 14.6 Å². The molecule has 0 saturated heterocycles. The summed E-state index contributed by atoms with van der Waals surface area (Å²) in [5.74, 6) is 1.56. The quantitative estimate of drug-likeness (QED) is 0.819. The Bertz CT molecular complexity index is 597. The topological polar surface area (TPSA) is 66.0 Å². The molecule has 0 atom stereocenters. The molecule has 106 valence electrons. The number of aromatic nitrogens is 3. The Kier molecular flexibility index (Phi) is 4.77. The molecule has 1 aromatic heterocycles. The van der Waals surface area contributed by atoms with Crippen LogP contribution in [0.15, 0.2) is 27.1 Å². The van der Waals surface area contributed by atoms with E-state index in [0.29, 0.717) is 17.8 Å². The third kappa shape index (κ3) is 3.37. The average molecular weight is 402 g/mol. The van der Waals surface area contributed by atoms with E-state index in [2.05, 4.69) is 57.4 Å². The van der Waals surface area contributed by atoms with Crippen LogP contribution < -0.4 is 15.5 Å². The summed E-state index contributed by atoms with van der Waals surface area (Å²) in [5, 5.41) is 6.11. The van der Waals surface area contributed by atoms with Crippen molar-refractivity contribution in [3.8, 4) is 0 Å². The largest absolute Gasteiger partial charge is 0.357 e. The van der Waals surface area contributed by atoms with E-state index in [1.54, 1.807) is 7.05 Å². The van der Waals surface area contributed by atoms with Gasteiger partial charge in [0.15, 0.2) is 0 Å². The molecule has 0 amide bonds. The zero-order chi connectivity index (χ0) is 14.7. The van der Waals surface area contributed by atoms with Crippen molar-refractivity contribution in [3.63, 3.8) is 0 Å². The van der Waals surface area contributed by atoms with Crippen LogP contribution in [0, 0.1) is 0 Å². The third-order valence-electron chi connectivity index (χ3n) is 2.45. The number of halogens is 2. The molecular formula is C12H14Br2N6. The fourth-order valence-corrected chi connectivity index (χ4v) is 2.66. The molecule has 2 N–H and O–H groups in total. The minimum atomic E-state index is 0.473. The van der Waals surface area contributed by atoms with Gasteiger partial charge in [-0.15, -0.1) is 0 Å². The van der Waals surface area contributed by atoms with Gasteiger partial charge >= 0.3 is 0 Å². The van der Waals surface area contributed by atoms with Crippen LogP contribution in [0.2, 0.25) is 0 Å². The Balaban J connectivity index is 2.40. The number of hydrogen-bond donors (Lipinski definition) is 2. The second-order valence-corrected chi connectivity index (χ2v) is 5.86. The molecule has 0 saturated carbocycles. The van der Waals surface area contributed by atoms with E-state index >= 15 is 0 Å². The summed E-state index contributed by atoms with van der Waals surface area (Å²) in [6, 6.07) is 5.83. The highest BCUT2D eigenvalue weighted by Crippen LogP contribution is 2.32. The van der Waals surface area contributed by atoms with Gasteiger partial charge < -0.3 is 15.5 Å². The lowest BCUT2D eigenvalue weighted by molar-refractivity contribution is 0.962. The van der Waals surface area contributed by atoms with E-state index in [1.165, 1.54) is 0 Å². The smallest absolute Gasteiger partial charge is 0.233 e. The van der Waals surface area contributed by atoms with Crippen LogP contribution in [0.25, 0.3) is 0 Å². The van der Waals surface area contributed by atoms with E-state index in [1.807, 2.05) is 37.2 Å². The van der Waals surface area contributed by atoms with Gasteiger partial charge in [-0.05, 0) is 44.0 Å². The minimum Gasteiger partial charge on any atom is -0.357 e. The van der Waals surface area contributed by atoms with Gasteiger partial charge in [0.05, 0.1) is 5.69 Å². The van der Waals surface area contributed by atoms with Crippen LogP contribution in [0.1, 0.15) is 0 Å². The molecule has 1 aromatic carbocycles. The first-order valence-electron chi connectivity index (χ1n) is 5.83. The molecule has 0 aliphatic carbocycles. The van der Waals surface area contributed by atoms with E-state index in [9.17, 15) is 0 Å². The zero-order valence-corrected chi connectivity index (χ0v) is 14.4. The van der Waals surface area contributed by atoms with Gasteiger partial charge in [0, 0.05) is 30.1 Å². The molecule has 0 spiro atoms. The monoisotopic (exact) mass is 400 g/mol. The molecule has 1 heterocycles. The molecule has 0 unspecified atom stereocenters. The number of anilines is 4. The summed E-state index contributed by atoms with van der Waals surface area (Å²) >= 11 is 7.00. The van der Waals surface area contributed by atoms with Crippen molar-refractivity contribution in [1.82, 2.24) is 15.0 Å². The van der Waals surface area contributed by atoms with Crippen LogP contribution in [-0.4, -0.2) is 36.1 Å². The second-order valence-electron chi connectivity index (χ2n) is 4.15. The molecule has 20 heavy (non-hydrogen) atoms. The normalized spacial score (nSPS) is 10.2. The summed E-state index contributed by atoms with van der Waals surface area (Å²) in [4.78, 5) is 14.8. The van der Waals surface area contributed by atoms with Crippen LogP contribution in [-0.2, 0) is 0 Å². The fourth-order valence-electron chi connectivity index (χ4n) is 1.46. The van der Waals surface area contributed by atoms with Crippen LogP contribution in [0.3, 0.4) is 0 Å². The molecule has 0 radical (unpaired) electrons. The van der Waals surface area contributed by atoms with Crippen molar-refractivity contribution < 1.29 is 0 Å². The summed E-state index contributed by atoms with van der Waals surface area (Å²) in [6.07, 6.45) is 0. The predicted molar refractivity (Wildman–Crippen MR) is 88.8 cm³/mol. The molecule has 0 fully saturated rings. The first-order valence-corrected chi connectivity index (χ1v) is 7.42. The minimum absolute atomic E-state index is 0.473. The number of nitrogens with one attached hydrogen (secondary N) is 2. The Morgan fingerprint density at radius 1 is 1.00 bits per heavy atom. The lowest BCUT2D eigenvalue weighted by Gasteiger charge is -2.14. The van der Waals surface area contributed by atoms with Gasteiger partial charge in [-0.2, -0.15) is 15.0 Å². The number of benzene rings is 1. The van der Waals surface area contributed by atoms with Gasteiger partial charge in [0.25, 0.3) is 0 Å². The molecule has 2 aromatic rings. The zero-order valence-electron chi connectivity index (χ0n) is 11.3. The van der Waals surface area contributed by atoms with Gasteiger partial charge in [0.1, 0.15) is 0 Å². The second kappa shape index (κ2) is 6.36. The summed E-state index contributed by atoms with van der Waals surface area (Å²) in [7, 11) is 5.53. The van der Waals surface area contributed by atoms with E-state index < -0.39 is 0 Å². The van der Waals surface area contributed by atoms with Crippen molar-refractivity contribution in [2.24, 2.45) is 0 Å². The highest BCUT2D eigenvalue weighted by molar-refractivity contribution is 9.11. The number of para-hydroxylation sites is 1. The number of nitrogens with zero attached hydrogens (tertiary/aromatic N) is 4. The highest BCUT2D eigenvalue weighted by atomic mass is 79.9. The highest BCUT2D eigenvalue weighted by Gasteiger charge is 2.10. The first-order chi connectivity index (χ1) is 9.51. The Morgan fingerprint density at radius 3 is 2.15 bits per heavy atom. The lowest BCUT2D eigenvalue weighted by atomic mass is 10.3. The maximum atomic E-state index is 4.37. The van der Waals surface area contributed by atoms with Crippen LogP contribution >= 0.6 is 31.9 Å². The number of rotatable bonds is 4. The van der Waals surface area contributed by atoms with E-state index in [4.69, 9.17) is 0 Å². The van der Waals surface area contributed by atoms with Gasteiger partial charge in [-0.1, -0.05) is 6.07 Å². The summed E-state index contributed by atoms with van der Waals surface area (Å²) < 4.78 is 1.84. The van der Waals surface area contributed by atoms with Crippen molar-refractivity contribution in [1.29, 1.82) is 0 Å². The van der Waals surface area contributed by atoms with Gasteiger partial charge in [-0.25, -0.2) is 0 Å². The fraction of sp³-hybridized carbons (Fsp3) is 0.250. The van der Waals surface area contributed by atoms with E-state index in [-0.39, 0.29) is 0 Å². The Hall–Kier alpha value is -1.41. The summed E-state index contributed by atoms with van der Waals surface area (Å²) in [6.45, 7) is 0. The molecule has 6 nitrogen and oxygen atoms in total. The predicted octanol–water partition coefficient (Wildman–Crippen LogP) is 3.25. The van der Waals surface area contributed by atoms with Crippen LogP contribution in [0.5, 0.6) is 0 Å². The standard InChI is InChI=1S/C12H14Br2N6/c1-15-10-17-11(19-12(18-10)20(2)3)16-9-7(13)5-4-6-8(9)14/h4-6H,1-3H3,(H2,15,16,17,18,19). The van der Waals surface area contributed by atoms with Gasteiger partial charge in [-0.3, -0.25) is 0 Å².